The molecule has 1 atom stereocenters. The van der Waals surface area contributed by atoms with Crippen LogP contribution in [0.25, 0.3) is 0 Å². The summed E-state index contributed by atoms with van der Waals surface area (Å²) < 4.78 is 0. The van der Waals surface area contributed by atoms with E-state index in [1.54, 1.807) is 13.0 Å². The van der Waals surface area contributed by atoms with Crippen molar-refractivity contribution in [3.05, 3.63) is 65.7 Å². The molecular formula is C17H16N2O2S. The molecule has 1 aliphatic heterocycles. The molecule has 3 rings (SSSR count). The summed E-state index contributed by atoms with van der Waals surface area (Å²) in [6.07, 6.45) is 0. The van der Waals surface area contributed by atoms with E-state index in [9.17, 15) is 9.59 Å². The normalized spacial score (nSPS) is 20.0. The molecule has 0 saturated carbocycles. The Morgan fingerprint density at radius 1 is 1.14 bits per heavy atom. The number of amides is 2. The van der Waals surface area contributed by atoms with Gasteiger partial charge in [0.15, 0.2) is 4.87 Å². The van der Waals surface area contributed by atoms with Crippen LogP contribution in [0.15, 0.2) is 59.5 Å². The third-order valence-electron chi connectivity index (χ3n) is 3.53. The molecule has 0 radical (unpaired) electrons. The van der Waals surface area contributed by atoms with Gasteiger partial charge >= 0.3 is 0 Å². The zero-order valence-corrected chi connectivity index (χ0v) is 12.9. The van der Waals surface area contributed by atoms with Crippen molar-refractivity contribution in [1.29, 1.82) is 0 Å². The first-order valence-electron chi connectivity index (χ1n) is 7.01. The molecule has 1 aliphatic rings. The molecule has 22 heavy (non-hydrogen) atoms. The van der Waals surface area contributed by atoms with Crippen molar-refractivity contribution in [1.82, 2.24) is 10.6 Å². The van der Waals surface area contributed by atoms with Crippen LogP contribution in [0.1, 0.15) is 22.8 Å². The van der Waals surface area contributed by atoms with Gasteiger partial charge in [-0.05, 0) is 24.6 Å². The van der Waals surface area contributed by atoms with Gasteiger partial charge in [-0.1, -0.05) is 54.2 Å². The van der Waals surface area contributed by atoms with Gasteiger partial charge in [-0.25, -0.2) is 0 Å². The second-order valence-corrected chi connectivity index (χ2v) is 6.71. The van der Waals surface area contributed by atoms with Gasteiger partial charge in [-0.3, -0.25) is 9.59 Å². The molecule has 0 bridgehead atoms. The topological polar surface area (TPSA) is 58.2 Å². The second kappa shape index (κ2) is 5.85. The number of hydrogen-bond acceptors (Lipinski definition) is 3. The summed E-state index contributed by atoms with van der Waals surface area (Å²) in [6, 6.07) is 17.0. The third kappa shape index (κ3) is 2.85. The Bertz CT molecular complexity index is 718. The first-order chi connectivity index (χ1) is 10.6. The van der Waals surface area contributed by atoms with E-state index in [1.165, 1.54) is 11.8 Å². The fraction of sp³-hybridized carbons (Fsp3) is 0.176. The quantitative estimate of drug-likeness (QED) is 0.916. The summed E-state index contributed by atoms with van der Waals surface area (Å²) in [4.78, 5) is 24.5. The molecule has 0 spiro atoms. The first-order valence-corrected chi connectivity index (χ1v) is 7.83. The summed E-state index contributed by atoms with van der Waals surface area (Å²) in [5, 5.41) is 5.68. The molecule has 0 fully saturated rings. The van der Waals surface area contributed by atoms with Gasteiger partial charge in [0.2, 0.25) is 0 Å². The van der Waals surface area contributed by atoms with Crippen LogP contribution in [-0.4, -0.2) is 16.7 Å². The van der Waals surface area contributed by atoms with Gasteiger partial charge < -0.3 is 10.6 Å². The SMILES string of the molecule is CC1(C(=O)NCc2ccccc2)NC(=O)c2ccccc2S1. The van der Waals surface area contributed by atoms with Gasteiger partial charge in [0.25, 0.3) is 11.8 Å². The number of thioether (sulfide) groups is 1. The van der Waals surface area contributed by atoms with Crippen LogP contribution in [-0.2, 0) is 11.3 Å². The Balaban J connectivity index is 1.74. The number of benzene rings is 2. The fourth-order valence-corrected chi connectivity index (χ4v) is 3.49. The van der Waals surface area contributed by atoms with Crippen LogP contribution in [0.4, 0.5) is 0 Å². The van der Waals surface area contributed by atoms with Crippen LogP contribution in [0.5, 0.6) is 0 Å². The van der Waals surface area contributed by atoms with Gasteiger partial charge in [0.1, 0.15) is 0 Å². The Hall–Kier alpha value is -2.27. The summed E-state index contributed by atoms with van der Waals surface area (Å²) in [6.45, 7) is 2.17. The van der Waals surface area contributed by atoms with Gasteiger partial charge in [0.05, 0.1) is 5.56 Å². The Kier molecular flexibility index (Phi) is 3.90. The predicted octanol–water partition coefficient (Wildman–Crippen LogP) is 2.55. The van der Waals surface area contributed by atoms with Gasteiger partial charge in [-0.15, -0.1) is 0 Å². The van der Waals surface area contributed by atoms with Gasteiger partial charge in [0, 0.05) is 11.4 Å². The highest BCUT2D eigenvalue weighted by Gasteiger charge is 2.40. The number of carbonyl (C=O) groups is 2. The smallest absolute Gasteiger partial charge is 0.256 e. The lowest BCUT2D eigenvalue weighted by molar-refractivity contribution is -0.123. The Labute approximate surface area is 133 Å². The average Bonchev–Trinajstić information content (AvgIpc) is 2.53. The highest BCUT2D eigenvalue weighted by molar-refractivity contribution is 8.01. The Morgan fingerprint density at radius 3 is 2.59 bits per heavy atom. The highest BCUT2D eigenvalue weighted by atomic mass is 32.2. The van der Waals surface area contributed by atoms with Crippen molar-refractivity contribution in [2.75, 3.05) is 0 Å². The molecule has 2 aromatic rings. The molecule has 5 heteroatoms. The minimum Gasteiger partial charge on any atom is -0.349 e. The molecule has 1 unspecified atom stereocenters. The zero-order valence-electron chi connectivity index (χ0n) is 12.1. The fourth-order valence-electron chi connectivity index (χ4n) is 2.32. The average molecular weight is 312 g/mol. The lowest BCUT2D eigenvalue weighted by Gasteiger charge is -2.33. The second-order valence-electron chi connectivity index (χ2n) is 5.25. The van der Waals surface area contributed by atoms with E-state index in [2.05, 4.69) is 10.6 Å². The predicted molar refractivity (Wildman–Crippen MR) is 86.5 cm³/mol. The summed E-state index contributed by atoms with van der Waals surface area (Å²) in [5.74, 6) is -0.420. The highest BCUT2D eigenvalue weighted by Crippen LogP contribution is 2.37. The van der Waals surface area contributed by atoms with Crippen molar-refractivity contribution in [3.63, 3.8) is 0 Å². The molecule has 0 aliphatic carbocycles. The van der Waals surface area contributed by atoms with Crippen molar-refractivity contribution in [2.45, 2.75) is 23.2 Å². The maximum Gasteiger partial charge on any atom is 0.256 e. The molecule has 4 nitrogen and oxygen atoms in total. The lowest BCUT2D eigenvalue weighted by atomic mass is 10.1. The molecule has 0 aromatic heterocycles. The number of nitrogens with one attached hydrogen (secondary N) is 2. The van der Waals surface area contributed by atoms with E-state index in [0.29, 0.717) is 12.1 Å². The number of fused-ring (bicyclic) bond motifs is 1. The molecule has 2 amide bonds. The van der Waals surface area contributed by atoms with Crippen LogP contribution in [0, 0.1) is 0 Å². The monoisotopic (exact) mass is 312 g/mol. The largest absolute Gasteiger partial charge is 0.349 e. The van der Waals surface area contributed by atoms with E-state index in [4.69, 9.17) is 0 Å². The van der Waals surface area contributed by atoms with E-state index >= 15 is 0 Å². The van der Waals surface area contributed by atoms with Gasteiger partial charge in [-0.2, -0.15) is 0 Å². The Morgan fingerprint density at radius 2 is 1.82 bits per heavy atom. The third-order valence-corrected chi connectivity index (χ3v) is 4.80. The standard InChI is InChI=1S/C17H16N2O2S/c1-17(16(21)18-11-12-7-3-2-4-8-12)19-15(20)13-9-5-6-10-14(13)22-17/h2-10H,11H2,1H3,(H,18,21)(H,19,20). The molecule has 2 N–H and O–H groups in total. The van der Waals surface area contributed by atoms with E-state index in [0.717, 1.165) is 10.5 Å². The maximum atomic E-state index is 12.5. The summed E-state index contributed by atoms with van der Waals surface area (Å²) in [5.41, 5.74) is 1.63. The minimum atomic E-state index is -1.000. The maximum absolute atomic E-state index is 12.5. The number of carbonyl (C=O) groups excluding carboxylic acids is 2. The molecule has 112 valence electrons. The number of rotatable bonds is 3. The lowest BCUT2D eigenvalue weighted by Crippen LogP contribution is -2.56. The summed E-state index contributed by atoms with van der Waals surface area (Å²) >= 11 is 1.36. The molecule has 2 aromatic carbocycles. The molecular weight excluding hydrogens is 296 g/mol. The molecule has 0 saturated heterocycles. The zero-order chi connectivity index (χ0) is 15.6. The van der Waals surface area contributed by atoms with Crippen LogP contribution in [0.2, 0.25) is 0 Å². The van der Waals surface area contributed by atoms with Crippen LogP contribution in [0.3, 0.4) is 0 Å². The van der Waals surface area contributed by atoms with Crippen LogP contribution < -0.4 is 10.6 Å². The van der Waals surface area contributed by atoms with Crippen LogP contribution >= 0.6 is 11.8 Å². The minimum absolute atomic E-state index is 0.204. The van der Waals surface area contributed by atoms with E-state index < -0.39 is 4.87 Å². The van der Waals surface area contributed by atoms with Crippen molar-refractivity contribution >= 4 is 23.6 Å². The van der Waals surface area contributed by atoms with Crippen molar-refractivity contribution in [2.24, 2.45) is 0 Å². The summed E-state index contributed by atoms with van der Waals surface area (Å²) in [7, 11) is 0. The van der Waals surface area contributed by atoms with Crippen molar-refractivity contribution in [3.8, 4) is 0 Å². The number of hydrogen-bond donors (Lipinski definition) is 2. The van der Waals surface area contributed by atoms with Crippen molar-refractivity contribution < 1.29 is 9.59 Å². The molecule has 1 heterocycles. The van der Waals surface area contributed by atoms with E-state index in [-0.39, 0.29) is 11.8 Å². The first kappa shape index (κ1) is 14.7. The van der Waals surface area contributed by atoms with E-state index in [1.807, 2.05) is 48.5 Å².